The molecule has 0 aromatic heterocycles. The van der Waals surface area contributed by atoms with Gasteiger partial charge >= 0.3 is 0 Å². The number of rotatable bonds is 5. The first kappa shape index (κ1) is 22.2. The highest BCUT2D eigenvalue weighted by molar-refractivity contribution is 5.84. The van der Waals surface area contributed by atoms with Crippen molar-refractivity contribution in [3.8, 4) is 0 Å². The third-order valence-electron chi connectivity index (χ3n) is 5.25. The Hall–Kier alpha value is -2.09. The molecule has 0 amide bonds. The van der Waals surface area contributed by atoms with Crippen LogP contribution in [0, 0.1) is 0 Å². The Kier molecular flexibility index (Phi) is 7.09. The second kappa shape index (κ2) is 8.94. The van der Waals surface area contributed by atoms with Crippen LogP contribution in [0.15, 0.2) is 53.5 Å². The third-order valence-corrected chi connectivity index (χ3v) is 5.25. The Morgan fingerprint density at radius 3 is 1.68 bits per heavy atom. The number of nitrogens with zero attached hydrogens (tertiary/aromatic N) is 1. The predicted molar refractivity (Wildman–Crippen MR) is 122 cm³/mol. The van der Waals surface area contributed by atoms with Crippen LogP contribution >= 0.6 is 0 Å². The summed E-state index contributed by atoms with van der Waals surface area (Å²) in [4.78, 5) is 4.47. The number of aliphatic imine (C=N–C) groups is 1. The Balaban J connectivity index is 2.35. The molecule has 2 nitrogen and oxygen atoms in total. The quantitative estimate of drug-likeness (QED) is 0.420. The van der Waals surface area contributed by atoms with E-state index in [1.54, 1.807) is 0 Å². The molecular formula is C26H37NO. The molecular weight excluding hydrogens is 342 g/mol. The molecule has 0 spiro atoms. The molecule has 0 aliphatic carbocycles. The summed E-state index contributed by atoms with van der Waals surface area (Å²) in [5.41, 5.74) is 5.58. The second-order valence-corrected chi connectivity index (χ2v) is 9.57. The third kappa shape index (κ3) is 5.70. The molecule has 0 fully saturated rings. The summed E-state index contributed by atoms with van der Waals surface area (Å²) in [6, 6.07) is 17.9. The maximum absolute atomic E-state index is 5.91. The van der Waals surface area contributed by atoms with Gasteiger partial charge < -0.3 is 4.74 Å². The van der Waals surface area contributed by atoms with Gasteiger partial charge in [0.1, 0.15) is 0 Å². The largest absolute Gasteiger partial charge is 0.481 e. The Morgan fingerprint density at radius 2 is 1.29 bits per heavy atom. The van der Waals surface area contributed by atoms with Crippen molar-refractivity contribution in [3.05, 3.63) is 70.8 Å². The zero-order valence-electron chi connectivity index (χ0n) is 19.0. The average molecular weight is 380 g/mol. The summed E-state index contributed by atoms with van der Waals surface area (Å²) < 4.78 is 5.91. The van der Waals surface area contributed by atoms with Gasteiger partial charge in [-0.3, -0.25) is 4.99 Å². The van der Waals surface area contributed by atoms with Gasteiger partial charge in [-0.05, 0) is 46.4 Å². The maximum Gasteiger partial charge on any atom is 0.190 e. The van der Waals surface area contributed by atoms with E-state index >= 15 is 0 Å². The van der Waals surface area contributed by atoms with Gasteiger partial charge in [-0.15, -0.1) is 0 Å². The summed E-state index contributed by atoms with van der Waals surface area (Å²) >= 11 is 0. The Bertz CT molecular complexity index is 771. The van der Waals surface area contributed by atoms with E-state index in [0.717, 1.165) is 12.3 Å². The van der Waals surface area contributed by atoms with E-state index in [1.807, 2.05) is 14.0 Å². The highest BCUT2D eigenvalue weighted by Gasteiger charge is 2.22. The highest BCUT2D eigenvalue weighted by atomic mass is 16.5. The minimum absolute atomic E-state index is 0.124. The normalized spacial score (nSPS) is 14.1. The first-order valence-electron chi connectivity index (χ1n) is 10.4. The van der Waals surface area contributed by atoms with Crippen molar-refractivity contribution in [1.82, 2.24) is 0 Å². The SMILES string of the molecule is CCO/C(=N\C)C(Cc1ccc(C(C)(C)C)cc1)c1ccc(C(C)(C)C)cc1. The van der Waals surface area contributed by atoms with Gasteiger partial charge in [-0.2, -0.15) is 0 Å². The lowest BCUT2D eigenvalue weighted by Gasteiger charge is -2.23. The lowest BCUT2D eigenvalue weighted by atomic mass is 9.83. The molecule has 2 aromatic rings. The van der Waals surface area contributed by atoms with Crippen molar-refractivity contribution < 1.29 is 4.74 Å². The molecule has 0 heterocycles. The summed E-state index contributed by atoms with van der Waals surface area (Å²) in [7, 11) is 1.82. The van der Waals surface area contributed by atoms with Crippen molar-refractivity contribution in [2.24, 2.45) is 4.99 Å². The fourth-order valence-electron chi connectivity index (χ4n) is 3.41. The number of benzene rings is 2. The van der Waals surface area contributed by atoms with Crippen molar-refractivity contribution in [2.45, 2.75) is 71.6 Å². The first-order valence-corrected chi connectivity index (χ1v) is 10.4. The number of hydrogen-bond acceptors (Lipinski definition) is 2. The van der Waals surface area contributed by atoms with Crippen LogP contribution in [-0.2, 0) is 22.0 Å². The summed E-state index contributed by atoms with van der Waals surface area (Å²) in [5.74, 6) is 0.936. The van der Waals surface area contributed by atoms with Gasteiger partial charge in [-0.1, -0.05) is 90.1 Å². The molecule has 0 saturated heterocycles. The minimum Gasteiger partial charge on any atom is -0.481 e. The van der Waals surface area contributed by atoms with E-state index in [0.29, 0.717) is 6.61 Å². The second-order valence-electron chi connectivity index (χ2n) is 9.57. The van der Waals surface area contributed by atoms with Crippen LogP contribution in [0.5, 0.6) is 0 Å². The molecule has 0 aliphatic rings. The molecule has 2 rings (SSSR count). The molecule has 28 heavy (non-hydrogen) atoms. The molecule has 2 aromatic carbocycles. The molecule has 1 atom stereocenters. The van der Waals surface area contributed by atoms with Crippen molar-refractivity contribution in [2.75, 3.05) is 13.7 Å². The van der Waals surface area contributed by atoms with E-state index in [2.05, 4.69) is 95.1 Å². The molecule has 1 unspecified atom stereocenters. The van der Waals surface area contributed by atoms with Crippen LogP contribution in [0.3, 0.4) is 0 Å². The van der Waals surface area contributed by atoms with Crippen molar-refractivity contribution in [3.63, 3.8) is 0 Å². The lowest BCUT2D eigenvalue weighted by Crippen LogP contribution is -2.19. The Morgan fingerprint density at radius 1 is 0.821 bits per heavy atom. The zero-order valence-corrected chi connectivity index (χ0v) is 19.0. The molecule has 0 N–H and O–H groups in total. The van der Waals surface area contributed by atoms with Gasteiger partial charge in [0.2, 0.25) is 0 Å². The van der Waals surface area contributed by atoms with Gasteiger partial charge in [0.15, 0.2) is 5.90 Å². The monoisotopic (exact) mass is 379 g/mol. The fraction of sp³-hybridized carbons (Fsp3) is 0.500. The standard InChI is InChI=1S/C26H37NO/c1-9-28-24(27-8)23(20-12-16-22(17-13-20)26(5,6)7)18-19-10-14-21(15-11-19)25(2,3)4/h10-17,23H,9,18H2,1-8H3/b27-24-. The van der Waals surface area contributed by atoms with Crippen molar-refractivity contribution in [1.29, 1.82) is 0 Å². The van der Waals surface area contributed by atoms with Crippen LogP contribution in [0.25, 0.3) is 0 Å². The molecule has 0 aliphatic heterocycles. The maximum atomic E-state index is 5.91. The molecule has 0 radical (unpaired) electrons. The molecule has 152 valence electrons. The van der Waals surface area contributed by atoms with Crippen LogP contribution in [0.2, 0.25) is 0 Å². The van der Waals surface area contributed by atoms with Crippen LogP contribution in [0.1, 0.15) is 76.6 Å². The van der Waals surface area contributed by atoms with E-state index in [9.17, 15) is 0 Å². The minimum atomic E-state index is 0.124. The summed E-state index contributed by atoms with van der Waals surface area (Å²) in [5, 5.41) is 0. The number of ether oxygens (including phenoxy) is 1. The fourth-order valence-corrected chi connectivity index (χ4v) is 3.41. The van der Waals surface area contributed by atoms with Crippen molar-refractivity contribution >= 4 is 5.90 Å². The molecule has 2 heteroatoms. The molecule has 0 bridgehead atoms. The van der Waals surface area contributed by atoms with Gasteiger partial charge in [0, 0.05) is 7.05 Å². The lowest BCUT2D eigenvalue weighted by molar-refractivity contribution is 0.310. The van der Waals surface area contributed by atoms with E-state index < -0.39 is 0 Å². The molecule has 0 saturated carbocycles. The smallest absolute Gasteiger partial charge is 0.190 e. The van der Waals surface area contributed by atoms with E-state index in [-0.39, 0.29) is 16.7 Å². The number of hydrogen-bond donors (Lipinski definition) is 0. The van der Waals surface area contributed by atoms with Gasteiger partial charge in [0.05, 0.1) is 12.5 Å². The van der Waals surface area contributed by atoms with Crippen LogP contribution in [0.4, 0.5) is 0 Å². The Labute approximate surface area is 172 Å². The average Bonchev–Trinajstić information content (AvgIpc) is 2.63. The van der Waals surface area contributed by atoms with Crippen LogP contribution < -0.4 is 0 Å². The predicted octanol–water partition coefficient (Wildman–Crippen LogP) is 6.67. The summed E-state index contributed by atoms with van der Waals surface area (Å²) in [6.07, 6.45) is 0.881. The van der Waals surface area contributed by atoms with E-state index in [4.69, 9.17) is 4.74 Å². The summed E-state index contributed by atoms with van der Waals surface area (Å²) in [6.45, 7) is 16.1. The van der Waals surface area contributed by atoms with Gasteiger partial charge in [0.25, 0.3) is 0 Å². The van der Waals surface area contributed by atoms with E-state index in [1.165, 1.54) is 22.3 Å². The topological polar surface area (TPSA) is 21.6 Å². The zero-order chi connectivity index (χ0) is 20.9. The highest BCUT2D eigenvalue weighted by Crippen LogP contribution is 2.29. The van der Waals surface area contributed by atoms with Crippen LogP contribution in [-0.4, -0.2) is 19.6 Å². The first-order chi connectivity index (χ1) is 13.1. The van der Waals surface area contributed by atoms with Gasteiger partial charge in [-0.25, -0.2) is 0 Å².